The Morgan fingerprint density at radius 3 is 2.67 bits per heavy atom. The number of aryl methyl sites for hydroxylation is 1. The van der Waals surface area contributed by atoms with Gasteiger partial charge >= 0.3 is 0 Å². The Morgan fingerprint density at radius 2 is 2.08 bits per heavy atom. The number of rotatable bonds is 8. The summed E-state index contributed by atoms with van der Waals surface area (Å²) in [7, 11) is 0. The zero-order valence-electron chi connectivity index (χ0n) is 13.9. The van der Waals surface area contributed by atoms with E-state index < -0.39 is 0 Å². The Hall–Kier alpha value is -1.75. The summed E-state index contributed by atoms with van der Waals surface area (Å²) in [4.78, 5) is 1.08. The fourth-order valence-electron chi connectivity index (χ4n) is 2.13. The molecule has 0 spiro atoms. The first-order chi connectivity index (χ1) is 11.5. The van der Waals surface area contributed by atoms with E-state index in [1.807, 2.05) is 50.3 Å². The minimum absolute atomic E-state index is 0.00917. The lowest BCUT2D eigenvalue weighted by atomic mass is 10.0. The third kappa shape index (κ3) is 5.13. The summed E-state index contributed by atoms with van der Waals surface area (Å²) in [6, 6.07) is 7.69. The maximum atomic E-state index is 5.93. The second-order valence-electron chi connectivity index (χ2n) is 5.43. The molecule has 1 aromatic heterocycles. The summed E-state index contributed by atoms with van der Waals surface area (Å²) in [5.74, 6) is 0.834. The molecule has 0 unspecified atom stereocenters. The second kappa shape index (κ2) is 8.92. The van der Waals surface area contributed by atoms with Gasteiger partial charge in [0.05, 0.1) is 6.04 Å². The third-order valence-corrected chi connectivity index (χ3v) is 4.75. The van der Waals surface area contributed by atoms with Crippen LogP contribution in [0.15, 0.2) is 70.6 Å². The summed E-state index contributed by atoms with van der Waals surface area (Å²) in [6.07, 6.45) is 6.29. The van der Waals surface area contributed by atoms with E-state index in [1.54, 1.807) is 18.0 Å². The van der Waals surface area contributed by atoms with Gasteiger partial charge < -0.3 is 4.52 Å². The first-order valence-corrected chi connectivity index (χ1v) is 8.78. The van der Waals surface area contributed by atoms with Crippen molar-refractivity contribution in [2.75, 3.05) is 0 Å². The van der Waals surface area contributed by atoms with E-state index in [4.69, 9.17) is 16.1 Å². The topological polar surface area (TPSA) is 38.1 Å². The van der Waals surface area contributed by atoms with Gasteiger partial charge in [0.1, 0.15) is 11.5 Å². The summed E-state index contributed by atoms with van der Waals surface area (Å²) in [5, 5.41) is 4.94. The molecule has 24 heavy (non-hydrogen) atoms. The van der Waals surface area contributed by atoms with Gasteiger partial charge in [-0.1, -0.05) is 53.7 Å². The van der Waals surface area contributed by atoms with Crippen molar-refractivity contribution in [1.82, 2.24) is 9.88 Å². The SMILES string of the molecule is C=C/C=C\C(=C)C[C@@H](NSc1ccc(Cl)cc1)c1noc(C)c1C. The normalized spacial score (nSPS) is 12.5. The van der Waals surface area contributed by atoms with Gasteiger partial charge in [0.15, 0.2) is 0 Å². The van der Waals surface area contributed by atoms with Gasteiger partial charge in [-0.15, -0.1) is 0 Å². The molecule has 0 bridgehead atoms. The van der Waals surface area contributed by atoms with Gasteiger partial charge in [-0.2, -0.15) is 0 Å². The van der Waals surface area contributed by atoms with E-state index >= 15 is 0 Å². The van der Waals surface area contributed by atoms with E-state index in [2.05, 4.69) is 23.0 Å². The summed E-state index contributed by atoms with van der Waals surface area (Å²) >= 11 is 7.47. The maximum absolute atomic E-state index is 5.93. The molecule has 1 heterocycles. The smallest absolute Gasteiger partial charge is 0.136 e. The highest BCUT2D eigenvalue weighted by molar-refractivity contribution is 7.97. The summed E-state index contributed by atoms with van der Waals surface area (Å²) < 4.78 is 8.79. The van der Waals surface area contributed by atoms with E-state index in [-0.39, 0.29) is 6.04 Å². The van der Waals surface area contributed by atoms with E-state index in [0.717, 1.165) is 38.9 Å². The molecule has 0 aliphatic rings. The molecule has 5 heteroatoms. The zero-order chi connectivity index (χ0) is 17.5. The average Bonchev–Trinajstić information content (AvgIpc) is 2.90. The van der Waals surface area contributed by atoms with Crippen molar-refractivity contribution in [3.63, 3.8) is 0 Å². The van der Waals surface area contributed by atoms with Crippen LogP contribution < -0.4 is 4.72 Å². The van der Waals surface area contributed by atoms with Gasteiger partial charge in [0.25, 0.3) is 0 Å². The molecule has 0 aliphatic carbocycles. The van der Waals surface area contributed by atoms with Crippen molar-refractivity contribution in [2.24, 2.45) is 0 Å². The van der Waals surface area contributed by atoms with Crippen molar-refractivity contribution in [3.8, 4) is 0 Å². The molecule has 2 aromatic rings. The molecule has 1 N–H and O–H groups in total. The molecule has 3 nitrogen and oxygen atoms in total. The van der Waals surface area contributed by atoms with Gasteiger partial charge in [0, 0.05) is 15.5 Å². The predicted molar refractivity (Wildman–Crippen MR) is 102 cm³/mol. The van der Waals surface area contributed by atoms with Gasteiger partial charge in [0.2, 0.25) is 0 Å². The zero-order valence-corrected chi connectivity index (χ0v) is 15.5. The fraction of sp³-hybridized carbons (Fsp3) is 0.211. The number of nitrogens with zero attached hydrogens (tertiary/aromatic N) is 1. The van der Waals surface area contributed by atoms with Crippen LogP contribution in [0.25, 0.3) is 0 Å². The van der Waals surface area contributed by atoms with E-state index in [0.29, 0.717) is 0 Å². The third-order valence-electron chi connectivity index (χ3n) is 3.59. The van der Waals surface area contributed by atoms with Gasteiger partial charge in [-0.25, -0.2) is 0 Å². The number of halogens is 1. The Balaban J connectivity index is 2.14. The molecule has 0 fully saturated rings. The lowest BCUT2D eigenvalue weighted by Gasteiger charge is -2.17. The molecule has 1 aromatic carbocycles. The van der Waals surface area contributed by atoms with Crippen molar-refractivity contribution in [2.45, 2.75) is 31.2 Å². The van der Waals surface area contributed by atoms with Crippen LogP contribution in [0.4, 0.5) is 0 Å². The van der Waals surface area contributed by atoms with Crippen LogP contribution in [0.5, 0.6) is 0 Å². The molecule has 126 valence electrons. The lowest BCUT2D eigenvalue weighted by Crippen LogP contribution is -2.16. The average molecular weight is 361 g/mol. The van der Waals surface area contributed by atoms with Crippen molar-refractivity contribution < 1.29 is 4.52 Å². The Morgan fingerprint density at radius 1 is 1.38 bits per heavy atom. The predicted octanol–water partition coefficient (Wildman–Crippen LogP) is 5.97. The highest BCUT2D eigenvalue weighted by Gasteiger charge is 2.20. The van der Waals surface area contributed by atoms with Gasteiger partial charge in [-0.3, -0.25) is 4.72 Å². The molecule has 0 amide bonds. The van der Waals surface area contributed by atoms with Gasteiger partial charge in [-0.05, 0) is 56.5 Å². The Kier molecular flexibility index (Phi) is 6.91. The monoisotopic (exact) mass is 360 g/mol. The van der Waals surface area contributed by atoms with Crippen molar-refractivity contribution in [3.05, 3.63) is 83.3 Å². The van der Waals surface area contributed by atoms with Crippen LogP contribution in [0.2, 0.25) is 5.02 Å². The largest absolute Gasteiger partial charge is 0.361 e. The highest BCUT2D eigenvalue weighted by atomic mass is 35.5. The molecular formula is C19H21ClN2OS. The lowest BCUT2D eigenvalue weighted by molar-refractivity contribution is 0.383. The first kappa shape index (κ1) is 18.6. The number of allylic oxidation sites excluding steroid dienone is 3. The van der Waals surface area contributed by atoms with E-state index in [1.165, 1.54) is 0 Å². The number of benzene rings is 1. The van der Waals surface area contributed by atoms with Crippen molar-refractivity contribution in [1.29, 1.82) is 0 Å². The van der Waals surface area contributed by atoms with Crippen LogP contribution in [0, 0.1) is 13.8 Å². The standard InChI is InChI=1S/C19H21ClN2OS/c1-5-6-7-13(2)12-18(19-14(3)15(4)23-21-19)22-24-17-10-8-16(20)9-11-17/h5-11,18,22H,1-2,12H2,3-4H3/b7-6-/t18-/m1/s1. The van der Waals surface area contributed by atoms with E-state index in [9.17, 15) is 0 Å². The molecule has 0 saturated carbocycles. The number of aromatic nitrogens is 1. The summed E-state index contributed by atoms with van der Waals surface area (Å²) in [6.45, 7) is 11.7. The number of nitrogens with one attached hydrogen (secondary N) is 1. The maximum Gasteiger partial charge on any atom is 0.136 e. The number of hydrogen-bond acceptors (Lipinski definition) is 4. The molecule has 0 aliphatic heterocycles. The molecule has 1 atom stereocenters. The molecule has 0 saturated heterocycles. The van der Waals surface area contributed by atoms with Crippen LogP contribution in [0.3, 0.4) is 0 Å². The molecular weight excluding hydrogens is 340 g/mol. The minimum Gasteiger partial charge on any atom is -0.361 e. The highest BCUT2D eigenvalue weighted by Crippen LogP contribution is 2.29. The Labute approximate surface area is 152 Å². The Bertz CT molecular complexity index is 734. The van der Waals surface area contributed by atoms with Crippen molar-refractivity contribution >= 4 is 23.5 Å². The second-order valence-corrected chi connectivity index (χ2v) is 6.78. The van der Waals surface area contributed by atoms with Crippen LogP contribution in [-0.2, 0) is 0 Å². The van der Waals surface area contributed by atoms with Crippen LogP contribution in [0.1, 0.15) is 29.5 Å². The summed E-state index contributed by atoms with van der Waals surface area (Å²) in [5.41, 5.74) is 2.95. The van der Waals surface area contributed by atoms with Crippen LogP contribution >= 0.6 is 23.5 Å². The molecule has 2 rings (SSSR count). The fourth-order valence-corrected chi connectivity index (χ4v) is 3.00. The van der Waals surface area contributed by atoms with Crippen LogP contribution in [-0.4, -0.2) is 5.16 Å². The molecule has 0 radical (unpaired) electrons. The first-order valence-electron chi connectivity index (χ1n) is 7.59. The number of hydrogen-bond donors (Lipinski definition) is 1. The quantitative estimate of drug-likeness (QED) is 0.464. The minimum atomic E-state index is -0.00917.